The van der Waals surface area contributed by atoms with E-state index in [-0.39, 0.29) is 11.3 Å². The maximum Gasteiger partial charge on any atom is 0.266 e. The first kappa shape index (κ1) is 17.5. The maximum atomic E-state index is 13.2. The summed E-state index contributed by atoms with van der Waals surface area (Å²) in [7, 11) is 0. The zero-order valence-corrected chi connectivity index (χ0v) is 14.1. The molecule has 0 aliphatic heterocycles. The average molecular weight is 367 g/mol. The van der Waals surface area contributed by atoms with E-state index >= 15 is 0 Å². The van der Waals surface area contributed by atoms with E-state index in [1.807, 2.05) is 12.1 Å². The van der Waals surface area contributed by atoms with E-state index in [0.29, 0.717) is 22.1 Å². The number of nitrogens with zero attached hydrogens (tertiary/aromatic N) is 1. The summed E-state index contributed by atoms with van der Waals surface area (Å²) < 4.78 is 18.8. The zero-order chi connectivity index (χ0) is 18.5. The first-order valence-corrected chi connectivity index (χ1v) is 7.98. The third-order valence-corrected chi connectivity index (χ3v) is 3.83. The van der Waals surface area contributed by atoms with Gasteiger partial charge in [0.15, 0.2) is 0 Å². The Morgan fingerprint density at radius 3 is 2.69 bits per heavy atom. The summed E-state index contributed by atoms with van der Waals surface area (Å²) >= 11 is 6.13. The largest absolute Gasteiger partial charge is 0.457 e. The van der Waals surface area contributed by atoms with Gasteiger partial charge in [0.2, 0.25) is 0 Å². The van der Waals surface area contributed by atoms with Gasteiger partial charge in [-0.15, -0.1) is 0 Å². The minimum atomic E-state index is -0.659. The summed E-state index contributed by atoms with van der Waals surface area (Å²) in [5.41, 5.74) is 0.790. The number of anilines is 1. The molecule has 0 bridgehead atoms. The van der Waals surface area contributed by atoms with E-state index in [4.69, 9.17) is 16.0 Å². The number of carbonyl (C=O) groups is 1. The van der Waals surface area contributed by atoms with E-state index in [1.54, 1.807) is 30.3 Å². The number of halogens is 2. The van der Waals surface area contributed by atoms with Gasteiger partial charge in [-0.05, 0) is 42.5 Å². The van der Waals surface area contributed by atoms with Gasteiger partial charge in [0.05, 0.1) is 5.02 Å². The summed E-state index contributed by atoms with van der Waals surface area (Å²) in [6.45, 7) is 0. The molecule has 0 saturated carbocycles. The van der Waals surface area contributed by atoms with Gasteiger partial charge >= 0.3 is 0 Å². The predicted molar refractivity (Wildman–Crippen MR) is 97.8 cm³/mol. The number of nitriles is 1. The standard InChI is InChI=1S/C20H12ClFN2O2/c21-18-7-2-1-6-17(18)19-9-8-16(26-19)10-13(12-23)20(25)24-15-5-3-4-14(22)11-15/h1-11H,(H,24,25)/b13-10+. The lowest BCUT2D eigenvalue weighted by Crippen LogP contribution is -2.13. The number of rotatable bonds is 4. The Balaban J connectivity index is 1.82. The molecule has 0 spiro atoms. The maximum absolute atomic E-state index is 13.2. The van der Waals surface area contributed by atoms with Crippen molar-refractivity contribution in [2.75, 3.05) is 5.32 Å². The van der Waals surface area contributed by atoms with Gasteiger partial charge in [-0.3, -0.25) is 4.79 Å². The van der Waals surface area contributed by atoms with Crippen LogP contribution in [0, 0.1) is 17.1 Å². The van der Waals surface area contributed by atoms with Crippen LogP contribution in [0.5, 0.6) is 0 Å². The zero-order valence-electron chi connectivity index (χ0n) is 13.4. The molecule has 2 aromatic carbocycles. The molecule has 1 heterocycles. The van der Waals surface area contributed by atoms with Crippen LogP contribution < -0.4 is 5.32 Å². The molecule has 4 nitrogen and oxygen atoms in total. The van der Waals surface area contributed by atoms with Gasteiger partial charge in [-0.2, -0.15) is 5.26 Å². The second kappa shape index (κ2) is 7.68. The summed E-state index contributed by atoms with van der Waals surface area (Å²) in [6, 6.07) is 17.7. The second-order valence-electron chi connectivity index (χ2n) is 5.32. The lowest BCUT2D eigenvalue weighted by Gasteiger charge is -2.03. The quantitative estimate of drug-likeness (QED) is 0.504. The predicted octanol–water partition coefficient (Wildman–Crippen LogP) is 5.28. The van der Waals surface area contributed by atoms with Crippen LogP contribution >= 0.6 is 11.6 Å². The van der Waals surface area contributed by atoms with E-state index < -0.39 is 11.7 Å². The fourth-order valence-corrected chi connectivity index (χ4v) is 2.52. The van der Waals surface area contributed by atoms with Crippen molar-refractivity contribution in [3.05, 3.63) is 82.8 Å². The Hall–Kier alpha value is -3.36. The summed E-state index contributed by atoms with van der Waals surface area (Å²) in [5, 5.41) is 12.2. The van der Waals surface area contributed by atoms with E-state index in [2.05, 4.69) is 5.32 Å². The molecule has 1 N–H and O–H groups in total. The molecule has 0 saturated heterocycles. The van der Waals surface area contributed by atoms with Crippen molar-refractivity contribution in [3.8, 4) is 17.4 Å². The number of hydrogen-bond donors (Lipinski definition) is 1. The molecule has 0 aliphatic rings. The normalized spacial score (nSPS) is 11.0. The van der Waals surface area contributed by atoms with Crippen molar-refractivity contribution in [1.29, 1.82) is 5.26 Å². The highest BCUT2D eigenvalue weighted by Gasteiger charge is 2.12. The van der Waals surface area contributed by atoms with Crippen molar-refractivity contribution in [1.82, 2.24) is 0 Å². The topological polar surface area (TPSA) is 66.0 Å². The summed E-state index contributed by atoms with van der Waals surface area (Å²) in [5.74, 6) is -0.301. The Morgan fingerprint density at radius 1 is 1.15 bits per heavy atom. The molecule has 1 aromatic heterocycles. The van der Waals surface area contributed by atoms with Crippen molar-refractivity contribution in [2.24, 2.45) is 0 Å². The number of hydrogen-bond acceptors (Lipinski definition) is 3. The highest BCUT2D eigenvalue weighted by molar-refractivity contribution is 6.33. The minimum Gasteiger partial charge on any atom is -0.457 e. The first-order chi connectivity index (χ1) is 12.6. The lowest BCUT2D eigenvalue weighted by atomic mass is 10.2. The fraction of sp³-hybridized carbons (Fsp3) is 0. The molecule has 0 aliphatic carbocycles. The van der Waals surface area contributed by atoms with Crippen molar-refractivity contribution in [3.63, 3.8) is 0 Å². The number of carbonyl (C=O) groups excluding carboxylic acids is 1. The highest BCUT2D eigenvalue weighted by atomic mass is 35.5. The number of nitrogens with one attached hydrogen (secondary N) is 1. The van der Waals surface area contributed by atoms with Crippen molar-refractivity contribution in [2.45, 2.75) is 0 Å². The van der Waals surface area contributed by atoms with Gasteiger partial charge in [-0.25, -0.2) is 4.39 Å². The molecule has 0 radical (unpaired) electrons. The average Bonchev–Trinajstić information content (AvgIpc) is 3.08. The molecule has 26 heavy (non-hydrogen) atoms. The minimum absolute atomic E-state index is 0.172. The molecular formula is C20H12ClFN2O2. The highest BCUT2D eigenvalue weighted by Crippen LogP contribution is 2.29. The molecular weight excluding hydrogens is 355 g/mol. The van der Waals surface area contributed by atoms with Crippen molar-refractivity contribution < 1.29 is 13.6 Å². The monoisotopic (exact) mass is 366 g/mol. The van der Waals surface area contributed by atoms with Gasteiger partial charge in [-0.1, -0.05) is 29.8 Å². The van der Waals surface area contributed by atoms with Gasteiger partial charge < -0.3 is 9.73 Å². The van der Waals surface area contributed by atoms with Crippen LogP contribution in [0.4, 0.5) is 10.1 Å². The molecule has 3 aromatic rings. The molecule has 3 rings (SSSR count). The van der Waals surface area contributed by atoms with Crippen LogP contribution in [-0.2, 0) is 4.79 Å². The van der Waals surface area contributed by atoms with Crippen LogP contribution in [0.2, 0.25) is 5.02 Å². The SMILES string of the molecule is N#C/C(=C\c1ccc(-c2ccccc2Cl)o1)C(=O)Nc1cccc(F)c1. The number of furan rings is 1. The molecule has 128 valence electrons. The van der Waals surface area contributed by atoms with Crippen LogP contribution in [0.3, 0.4) is 0 Å². The second-order valence-corrected chi connectivity index (χ2v) is 5.72. The van der Waals surface area contributed by atoms with Gasteiger partial charge in [0.1, 0.15) is 29.0 Å². The molecule has 0 unspecified atom stereocenters. The van der Waals surface area contributed by atoms with Crippen molar-refractivity contribution >= 4 is 29.3 Å². The van der Waals surface area contributed by atoms with Gasteiger partial charge in [0.25, 0.3) is 5.91 Å². The van der Waals surface area contributed by atoms with E-state index in [9.17, 15) is 14.4 Å². The van der Waals surface area contributed by atoms with E-state index in [1.165, 1.54) is 24.3 Å². The van der Waals surface area contributed by atoms with Gasteiger partial charge in [0, 0.05) is 17.3 Å². The lowest BCUT2D eigenvalue weighted by molar-refractivity contribution is -0.112. The smallest absolute Gasteiger partial charge is 0.266 e. The molecule has 0 fully saturated rings. The Bertz CT molecular complexity index is 1030. The third-order valence-electron chi connectivity index (χ3n) is 3.50. The Labute approximate surface area is 154 Å². The summed E-state index contributed by atoms with van der Waals surface area (Å²) in [4.78, 5) is 12.2. The first-order valence-electron chi connectivity index (χ1n) is 7.60. The summed E-state index contributed by atoms with van der Waals surface area (Å²) in [6.07, 6.45) is 1.31. The van der Waals surface area contributed by atoms with Crippen LogP contribution in [-0.4, -0.2) is 5.91 Å². The number of benzene rings is 2. The molecule has 6 heteroatoms. The molecule has 0 atom stereocenters. The van der Waals surface area contributed by atoms with Crippen LogP contribution in [0.1, 0.15) is 5.76 Å². The number of amides is 1. The Kier molecular flexibility index (Phi) is 5.16. The van der Waals surface area contributed by atoms with Crippen LogP contribution in [0.25, 0.3) is 17.4 Å². The van der Waals surface area contributed by atoms with E-state index in [0.717, 1.165) is 6.07 Å². The third kappa shape index (κ3) is 4.00. The Morgan fingerprint density at radius 2 is 1.96 bits per heavy atom. The molecule has 1 amide bonds. The van der Waals surface area contributed by atoms with Crippen LogP contribution in [0.15, 0.2) is 70.7 Å². The fourth-order valence-electron chi connectivity index (χ4n) is 2.29.